The number of nitrogens with zero attached hydrogens (tertiary/aromatic N) is 5. The highest BCUT2D eigenvalue weighted by Crippen LogP contribution is 2.25. The number of ether oxygens (including phenoxy) is 2. The van der Waals surface area contributed by atoms with Crippen LogP contribution >= 0.6 is 0 Å². The van der Waals surface area contributed by atoms with Gasteiger partial charge in [-0.2, -0.15) is 19.6 Å². The summed E-state index contributed by atoms with van der Waals surface area (Å²) < 4.78 is 13.3. The number of carbonyl (C=O) groups is 2. The topological polar surface area (TPSA) is 111 Å². The number of Topliss-reactive ketones (excluding diaryl/α,β-unsaturated/α-hetero) is 1. The highest BCUT2D eigenvalue weighted by Gasteiger charge is 2.29. The number of hydrogen-bond donors (Lipinski definition) is 1. The summed E-state index contributed by atoms with van der Waals surface area (Å²) >= 11 is 0. The number of ketones is 1. The molecule has 2 aromatic heterocycles. The van der Waals surface area contributed by atoms with Crippen LogP contribution in [0.25, 0.3) is 5.65 Å². The molecule has 2 aliphatic heterocycles. The third kappa shape index (κ3) is 6.27. The van der Waals surface area contributed by atoms with E-state index in [1.54, 1.807) is 9.42 Å². The van der Waals surface area contributed by atoms with Crippen LogP contribution in [-0.2, 0) is 27.3 Å². The summed E-state index contributed by atoms with van der Waals surface area (Å²) in [6, 6.07) is 8.31. The molecule has 1 N–H and O–H groups in total. The van der Waals surface area contributed by atoms with Crippen LogP contribution in [0.4, 0.5) is 5.95 Å². The Bertz CT molecular complexity index is 1350. The summed E-state index contributed by atoms with van der Waals surface area (Å²) in [7, 11) is 0. The van der Waals surface area contributed by atoms with E-state index in [4.69, 9.17) is 14.5 Å². The van der Waals surface area contributed by atoms with Gasteiger partial charge in [-0.3, -0.25) is 9.59 Å². The van der Waals surface area contributed by atoms with Gasteiger partial charge >= 0.3 is 6.01 Å². The van der Waals surface area contributed by atoms with Crippen LogP contribution in [-0.4, -0.2) is 68.6 Å². The summed E-state index contributed by atoms with van der Waals surface area (Å²) in [5.74, 6) is 0.709. The van der Waals surface area contributed by atoms with E-state index in [1.165, 1.54) is 6.08 Å². The predicted molar refractivity (Wildman–Crippen MR) is 147 cm³/mol. The first-order valence-electron chi connectivity index (χ1n) is 13.7. The predicted octanol–water partition coefficient (Wildman–Crippen LogP) is 3.56. The van der Waals surface area contributed by atoms with Crippen molar-refractivity contribution < 1.29 is 19.1 Å². The van der Waals surface area contributed by atoms with Crippen LogP contribution in [0.3, 0.4) is 0 Å². The van der Waals surface area contributed by atoms with Crippen LogP contribution in [0, 0.1) is 5.92 Å². The highest BCUT2D eigenvalue weighted by molar-refractivity contribution is 5.89. The van der Waals surface area contributed by atoms with Crippen molar-refractivity contribution in [3.63, 3.8) is 0 Å². The molecule has 206 valence electrons. The van der Waals surface area contributed by atoms with Crippen LogP contribution in [0.2, 0.25) is 0 Å². The Labute approximate surface area is 228 Å². The maximum atomic E-state index is 12.9. The maximum Gasteiger partial charge on any atom is 0.322 e. The molecule has 0 aliphatic carbocycles. The highest BCUT2D eigenvalue weighted by atomic mass is 16.5. The summed E-state index contributed by atoms with van der Waals surface area (Å²) in [5.41, 5.74) is 3.72. The van der Waals surface area contributed by atoms with Crippen LogP contribution in [0.15, 0.2) is 43.1 Å². The van der Waals surface area contributed by atoms with Gasteiger partial charge in [0.15, 0.2) is 5.65 Å². The fraction of sp³-hybridized carbons (Fsp3) is 0.483. The van der Waals surface area contributed by atoms with E-state index in [0.717, 1.165) is 35.2 Å². The number of fused-ring (bicyclic) bond motifs is 1. The van der Waals surface area contributed by atoms with Gasteiger partial charge < -0.3 is 19.7 Å². The van der Waals surface area contributed by atoms with E-state index in [2.05, 4.69) is 35.8 Å². The smallest absolute Gasteiger partial charge is 0.322 e. The molecule has 1 aromatic carbocycles. The van der Waals surface area contributed by atoms with E-state index in [1.807, 2.05) is 30.5 Å². The second-order valence-electron chi connectivity index (χ2n) is 10.5. The number of hydrogen-bond acceptors (Lipinski definition) is 8. The summed E-state index contributed by atoms with van der Waals surface area (Å²) in [5, 5.41) is 7.94. The van der Waals surface area contributed by atoms with Crippen molar-refractivity contribution in [1.29, 1.82) is 0 Å². The number of benzene rings is 1. The van der Waals surface area contributed by atoms with Crippen LogP contribution in [0.5, 0.6) is 6.01 Å². The van der Waals surface area contributed by atoms with Crippen molar-refractivity contribution in [2.75, 3.05) is 31.6 Å². The lowest BCUT2D eigenvalue weighted by molar-refractivity contribution is -0.125. The van der Waals surface area contributed by atoms with Gasteiger partial charge in [-0.15, -0.1) is 0 Å². The first kappa shape index (κ1) is 26.8. The fourth-order valence-corrected chi connectivity index (χ4v) is 5.12. The van der Waals surface area contributed by atoms with Crippen LogP contribution in [0.1, 0.15) is 55.7 Å². The molecule has 2 aliphatic rings. The molecule has 5 rings (SSSR count). The molecule has 0 saturated carbocycles. The monoisotopic (exact) mass is 532 g/mol. The molecule has 1 amide bonds. The molecule has 0 bridgehead atoms. The maximum absolute atomic E-state index is 12.9. The van der Waals surface area contributed by atoms with Gasteiger partial charge in [-0.25, -0.2) is 0 Å². The molecule has 0 radical (unpaired) electrons. The lowest BCUT2D eigenvalue weighted by Gasteiger charge is -2.22. The van der Waals surface area contributed by atoms with E-state index < -0.39 is 0 Å². The number of rotatable bonds is 10. The molecule has 39 heavy (non-hydrogen) atoms. The summed E-state index contributed by atoms with van der Waals surface area (Å²) in [6.07, 6.45) is 5.82. The Morgan fingerprint density at radius 2 is 2.00 bits per heavy atom. The zero-order valence-electron chi connectivity index (χ0n) is 22.6. The lowest BCUT2D eigenvalue weighted by Crippen LogP contribution is -2.28. The molecule has 10 heteroatoms. The van der Waals surface area contributed by atoms with Crippen molar-refractivity contribution in [1.82, 2.24) is 24.5 Å². The zero-order chi connectivity index (χ0) is 27.4. The molecule has 2 fully saturated rings. The number of nitrogens with one attached hydrogen (secondary N) is 1. The third-order valence-electron chi connectivity index (χ3n) is 7.39. The first-order chi connectivity index (χ1) is 18.9. The summed E-state index contributed by atoms with van der Waals surface area (Å²) in [4.78, 5) is 35.8. The van der Waals surface area contributed by atoms with Gasteiger partial charge in [0.1, 0.15) is 11.9 Å². The minimum absolute atomic E-state index is 0.0236. The van der Waals surface area contributed by atoms with E-state index in [-0.39, 0.29) is 29.6 Å². The Balaban J connectivity index is 1.29. The van der Waals surface area contributed by atoms with E-state index in [0.29, 0.717) is 57.6 Å². The van der Waals surface area contributed by atoms with Crippen molar-refractivity contribution in [3.05, 3.63) is 59.8 Å². The number of carbonyl (C=O) groups excluding carboxylic acids is 2. The van der Waals surface area contributed by atoms with Crippen molar-refractivity contribution >= 4 is 23.3 Å². The average Bonchev–Trinajstić information content (AvgIpc) is 3.60. The minimum Gasteiger partial charge on any atom is -0.460 e. The molecule has 1 unspecified atom stereocenters. The van der Waals surface area contributed by atoms with Crippen molar-refractivity contribution in [2.45, 2.75) is 58.1 Å². The van der Waals surface area contributed by atoms with Crippen LogP contribution < -0.4 is 10.1 Å². The number of likely N-dealkylation sites (tertiary alicyclic amines) is 1. The number of anilines is 1. The molecule has 3 aromatic rings. The molecular weight excluding hydrogens is 496 g/mol. The standard InChI is InChI=1S/C29H36N6O4/c1-4-26(37)34-11-8-22(18-34)25(36)15-20-6-5-7-21(14-20)16-30-28-33-29(39-23-9-12-38-13-10-23)32-27-24(19(2)3)17-31-35(27)28/h4-7,14,17,19,22-23H,1,8-13,15-16,18H2,2-3H3,(H,30,32,33). The zero-order valence-corrected chi connectivity index (χ0v) is 22.6. The second kappa shape index (κ2) is 11.9. The molecule has 1 atom stereocenters. The number of aromatic nitrogens is 4. The summed E-state index contributed by atoms with van der Waals surface area (Å²) in [6.45, 7) is 10.7. The van der Waals surface area contributed by atoms with Gasteiger partial charge in [0, 0.05) is 50.4 Å². The first-order valence-corrected chi connectivity index (χ1v) is 13.7. The van der Waals surface area contributed by atoms with E-state index >= 15 is 0 Å². The lowest BCUT2D eigenvalue weighted by atomic mass is 9.96. The van der Waals surface area contributed by atoms with Gasteiger partial charge in [0.25, 0.3) is 0 Å². The van der Waals surface area contributed by atoms with Gasteiger partial charge in [-0.1, -0.05) is 44.7 Å². The van der Waals surface area contributed by atoms with Crippen molar-refractivity contribution in [3.8, 4) is 6.01 Å². The molecule has 2 saturated heterocycles. The van der Waals surface area contributed by atoms with Gasteiger partial charge in [0.2, 0.25) is 11.9 Å². The molecule has 10 nitrogen and oxygen atoms in total. The minimum atomic E-state index is -0.130. The Morgan fingerprint density at radius 1 is 1.21 bits per heavy atom. The second-order valence-corrected chi connectivity index (χ2v) is 10.5. The normalized spacial score (nSPS) is 18.0. The molecular formula is C29H36N6O4. The largest absolute Gasteiger partial charge is 0.460 e. The van der Waals surface area contributed by atoms with Gasteiger partial charge in [0.05, 0.1) is 19.4 Å². The Morgan fingerprint density at radius 3 is 2.77 bits per heavy atom. The van der Waals surface area contributed by atoms with Gasteiger partial charge in [-0.05, 0) is 29.5 Å². The Kier molecular flexibility index (Phi) is 8.21. The number of amides is 1. The molecule has 4 heterocycles. The van der Waals surface area contributed by atoms with Crippen molar-refractivity contribution in [2.24, 2.45) is 5.92 Å². The quantitative estimate of drug-likeness (QED) is 0.395. The average molecular weight is 533 g/mol. The SMILES string of the molecule is C=CC(=O)N1CCC(C(=O)Cc2cccc(CNc3nc(OC4CCOCC4)nc4c(C(C)C)cnn34)c2)C1. The van der Waals surface area contributed by atoms with E-state index in [9.17, 15) is 9.59 Å². The fourth-order valence-electron chi connectivity index (χ4n) is 5.12. The Hall–Kier alpha value is -3.79. The third-order valence-corrected chi connectivity index (χ3v) is 7.39. The molecule has 0 spiro atoms.